The highest BCUT2D eigenvalue weighted by atomic mass is 16.5. The summed E-state index contributed by atoms with van der Waals surface area (Å²) in [4.78, 5) is 32.1. The second-order valence-electron chi connectivity index (χ2n) is 8.39. The fourth-order valence-electron chi connectivity index (χ4n) is 4.06. The maximum atomic E-state index is 13.1. The van der Waals surface area contributed by atoms with Gasteiger partial charge in [-0.05, 0) is 38.8 Å². The molecule has 1 N–H and O–H groups in total. The zero-order chi connectivity index (χ0) is 24.2. The third kappa shape index (κ3) is 4.71. The van der Waals surface area contributed by atoms with E-state index in [0.717, 1.165) is 22.3 Å². The Morgan fingerprint density at radius 1 is 1.00 bits per heavy atom. The molecular weight excluding hydrogens is 430 g/mol. The van der Waals surface area contributed by atoms with E-state index in [9.17, 15) is 9.59 Å². The van der Waals surface area contributed by atoms with Gasteiger partial charge >= 0.3 is 5.97 Å². The first-order valence-electron chi connectivity index (χ1n) is 11.3. The third-order valence-corrected chi connectivity index (χ3v) is 5.91. The third-order valence-electron chi connectivity index (χ3n) is 5.91. The summed E-state index contributed by atoms with van der Waals surface area (Å²) in [7, 11) is 0. The Labute approximate surface area is 199 Å². The summed E-state index contributed by atoms with van der Waals surface area (Å²) >= 11 is 0. The molecule has 0 fully saturated rings. The second kappa shape index (κ2) is 9.91. The molecule has 8 heteroatoms. The summed E-state index contributed by atoms with van der Waals surface area (Å²) in [6, 6.07) is 15.4. The van der Waals surface area contributed by atoms with E-state index in [1.54, 1.807) is 16.5 Å². The fourth-order valence-corrected chi connectivity index (χ4v) is 4.06. The number of nitrogens with zero attached hydrogens (tertiary/aromatic N) is 4. The summed E-state index contributed by atoms with van der Waals surface area (Å²) in [5.41, 5.74) is 5.25. The molecule has 1 aliphatic heterocycles. The number of benzene rings is 2. The Bertz CT molecular complexity index is 1210. The average molecular weight is 460 g/mol. The molecule has 176 valence electrons. The largest absolute Gasteiger partial charge is 0.463 e. The predicted molar refractivity (Wildman–Crippen MR) is 129 cm³/mol. The number of fused-ring (bicyclic) bond motifs is 1. The highest BCUT2D eigenvalue weighted by Gasteiger charge is 2.38. The lowest BCUT2D eigenvalue weighted by atomic mass is 9.94. The number of allylic oxidation sites excluding steroid dienone is 1. The monoisotopic (exact) mass is 459 g/mol. The zero-order valence-electron chi connectivity index (χ0n) is 19.9. The minimum Gasteiger partial charge on any atom is -0.463 e. The molecule has 3 aromatic rings. The standard InChI is InChI=1S/C26H29N5O3/c1-5-34-25(33)23-19(4)30(15-22(32)27-14-20-10-6-17(2)7-11-20)26-28-16-29-31(26)24(23)21-12-8-18(3)9-13-21/h6-13,16,24H,5,14-15H2,1-4H3,(H,27,32). The van der Waals surface area contributed by atoms with Crippen molar-refractivity contribution in [1.29, 1.82) is 0 Å². The summed E-state index contributed by atoms with van der Waals surface area (Å²) in [5, 5.41) is 7.36. The zero-order valence-corrected chi connectivity index (χ0v) is 19.9. The van der Waals surface area contributed by atoms with Gasteiger partial charge in [0, 0.05) is 12.2 Å². The SMILES string of the molecule is CCOC(=O)C1=C(C)N(CC(=O)NCc2ccc(C)cc2)c2ncnn2C1c1ccc(C)cc1. The lowest BCUT2D eigenvalue weighted by molar-refractivity contribution is -0.139. The maximum Gasteiger partial charge on any atom is 0.338 e. The van der Waals surface area contributed by atoms with Crippen molar-refractivity contribution in [2.24, 2.45) is 0 Å². The van der Waals surface area contributed by atoms with Crippen LogP contribution in [0.1, 0.15) is 42.1 Å². The molecule has 2 aromatic carbocycles. The first-order valence-corrected chi connectivity index (χ1v) is 11.3. The highest BCUT2D eigenvalue weighted by molar-refractivity contribution is 5.93. The van der Waals surface area contributed by atoms with Crippen molar-refractivity contribution in [3.63, 3.8) is 0 Å². The van der Waals surface area contributed by atoms with Crippen LogP contribution in [-0.2, 0) is 20.9 Å². The van der Waals surface area contributed by atoms with Gasteiger partial charge in [0.05, 0.1) is 12.2 Å². The number of carbonyl (C=O) groups is 2. The van der Waals surface area contributed by atoms with Gasteiger partial charge in [-0.3, -0.25) is 4.79 Å². The van der Waals surface area contributed by atoms with Gasteiger partial charge in [-0.2, -0.15) is 10.1 Å². The molecule has 1 amide bonds. The van der Waals surface area contributed by atoms with E-state index in [2.05, 4.69) is 15.4 Å². The number of aromatic nitrogens is 3. The number of carbonyl (C=O) groups excluding carboxylic acids is 2. The first kappa shape index (κ1) is 23.2. The molecule has 0 bridgehead atoms. The molecule has 0 saturated carbocycles. The molecule has 0 spiro atoms. The van der Waals surface area contributed by atoms with Gasteiger partial charge in [-0.25, -0.2) is 9.48 Å². The first-order chi connectivity index (χ1) is 16.4. The van der Waals surface area contributed by atoms with Crippen LogP contribution in [0.25, 0.3) is 0 Å². The van der Waals surface area contributed by atoms with E-state index < -0.39 is 12.0 Å². The summed E-state index contributed by atoms with van der Waals surface area (Å²) in [6.45, 7) is 8.29. The number of aryl methyl sites for hydroxylation is 2. The maximum absolute atomic E-state index is 13.1. The van der Waals surface area contributed by atoms with Gasteiger partial charge in [0.1, 0.15) is 18.9 Å². The minimum atomic E-state index is -0.496. The van der Waals surface area contributed by atoms with E-state index in [0.29, 0.717) is 23.8 Å². The van der Waals surface area contributed by atoms with Crippen molar-refractivity contribution in [2.75, 3.05) is 18.1 Å². The normalized spacial score (nSPS) is 15.2. The lowest BCUT2D eigenvalue weighted by Crippen LogP contribution is -2.42. The molecule has 2 heterocycles. The number of nitrogens with one attached hydrogen (secondary N) is 1. The molecule has 4 rings (SSSR count). The fraction of sp³-hybridized carbons (Fsp3) is 0.308. The molecular formula is C26H29N5O3. The van der Waals surface area contributed by atoms with Crippen molar-refractivity contribution >= 4 is 17.8 Å². The number of ether oxygens (including phenoxy) is 1. The van der Waals surface area contributed by atoms with E-state index in [-0.39, 0.29) is 19.1 Å². The summed E-state index contributed by atoms with van der Waals surface area (Å²) < 4.78 is 7.08. The van der Waals surface area contributed by atoms with Gasteiger partial charge < -0.3 is 15.0 Å². The van der Waals surface area contributed by atoms with Crippen molar-refractivity contribution in [3.8, 4) is 0 Å². The number of hydrogen-bond donors (Lipinski definition) is 1. The van der Waals surface area contributed by atoms with E-state index in [1.807, 2.05) is 69.3 Å². The second-order valence-corrected chi connectivity index (χ2v) is 8.39. The Kier molecular flexibility index (Phi) is 6.77. The van der Waals surface area contributed by atoms with E-state index in [1.165, 1.54) is 6.33 Å². The summed E-state index contributed by atoms with van der Waals surface area (Å²) in [5.74, 6) is -0.120. The lowest BCUT2D eigenvalue weighted by Gasteiger charge is -2.35. The number of amides is 1. The Morgan fingerprint density at radius 3 is 2.29 bits per heavy atom. The van der Waals surface area contributed by atoms with Crippen molar-refractivity contribution in [1.82, 2.24) is 20.1 Å². The van der Waals surface area contributed by atoms with E-state index in [4.69, 9.17) is 4.74 Å². The average Bonchev–Trinajstić information content (AvgIpc) is 3.30. The van der Waals surface area contributed by atoms with Crippen LogP contribution in [0, 0.1) is 13.8 Å². The van der Waals surface area contributed by atoms with Crippen LogP contribution in [0.15, 0.2) is 66.1 Å². The molecule has 0 radical (unpaired) electrons. The molecule has 1 aliphatic rings. The Morgan fingerprint density at radius 2 is 1.65 bits per heavy atom. The van der Waals surface area contributed by atoms with Gasteiger partial charge in [0.2, 0.25) is 11.9 Å². The molecule has 1 unspecified atom stereocenters. The van der Waals surface area contributed by atoms with Crippen LogP contribution in [0.2, 0.25) is 0 Å². The Hall–Kier alpha value is -3.94. The molecule has 8 nitrogen and oxygen atoms in total. The predicted octanol–water partition coefficient (Wildman–Crippen LogP) is 3.46. The quantitative estimate of drug-likeness (QED) is 0.545. The number of esters is 1. The van der Waals surface area contributed by atoms with Crippen LogP contribution in [0.4, 0.5) is 5.95 Å². The van der Waals surface area contributed by atoms with Crippen LogP contribution >= 0.6 is 0 Å². The summed E-state index contributed by atoms with van der Waals surface area (Å²) in [6.07, 6.45) is 1.44. The molecule has 1 aromatic heterocycles. The van der Waals surface area contributed by atoms with Gasteiger partial charge in [-0.15, -0.1) is 0 Å². The molecule has 0 aliphatic carbocycles. The molecule has 34 heavy (non-hydrogen) atoms. The van der Waals surface area contributed by atoms with Crippen molar-refractivity contribution in [2.45, 2.75) is 40.3 Å². The smallest absolute Gasteiger partial charge is 0.338 e. The number of rotatable bonds is 7. The minimum absolute atomic E-state index is 0.0000884. The molecule has 0 saturated heterocycles. The molecule has 1 atom stereocenters. The van der Waals surface area contributed by atoms with E-state index >= 15 is 0 Å². The highest BCUT2D eigenvalue weighted by Crippen LogP contribution is 2.38. The topological polar surface area (TPSA) is 89.3 Å². The van der Waals surface area contributed by atoms with Crippen molar-refractivity contribution < 1.29 is 14.3 Å². The Balaban J connectivity index is 1.65. The van der Waals surface area contributed by atoms with Gasteiger partial charge in [-0.1, -0.05) is 59.7 Å². The van der Waals surface area contributed by atoms with Crippen molar-refractivity contribution in [3.05, 3.63) is 88.4 Å². The van der Waals surface area contributed by atoms with Crippen LogP contribution in [-0.4, -0.2) is 39.8 Å². The number of hydrogen-bond acceptors (Lipinski definition) is 6. The van der Waals surface area contributed by atoms with Crippen LogP contribution in [0.5, 0.6) is 0 Å². The van der Waals surface area contributed by atoms with Gasteiger partial charge in [0.15, 0.2) is 0 Å². The van der Waals surface area contributed by atoms with Gasteiger partial charge in [0.25, 0.3) is 0 Å². The van der Waals surface area contributed by atoms with Crippen LogP contribution < -0.4 is 10.2 Å². The van der Waals surface area contributed by atoms with Crippen LogP contribution in [0.3, 0.4) is 0 Å². The number of anilines is 1.